The predicted octanol–water partition coefficient (Wildman–Crippen LogP) is 1.97. The van der Waals surface area contributed by atoms with Crippen molar-refractivity contribution in [2.24, 2.45) is 5.73 Å². The summed E-state index contributed by atoms with van der Waals surface area (Å²) in [6.07, 6.45) is 0.157. The van der Waals surface area contributed by atoms with Gasteiger partial charge in [-0.3, -0.25) is 9.59 Å². The Morgan fingerprint density at radius 1 is 0.846 bits per heavy atom. The van der Waals surface area contributed by atoms with E-state index in [2.05, 4.69) is 5.32 Å². The van der Waals surface area contributed by atoms with E-state index in [1.165, 1.54) is 0 Å². The third-order valence-electron chi connectivity index (χ3n) is 3.23. The van der Waals surface area contributed by atoms with Crippen LogP contribution in [0.2, 0.25) is 0 Å². The number of anilines is 1. The van der Waals surface area contributed by atoms with Crippen molar-refractivity contribution in [1.82, 2.24) is 0 Å². The van der Waals surface area contributed by atoms with E-state index in [0.717, 1.165) is 5.75 Å². The number of nitrogens with one attached hydrogen (secondary N) is 1. The molecule has 0 heterocycles. The molecule has 0 radical (unpaired) electrons. The van der Waals surface area contributed by atoms with Crippen LogP contribution in [0.3, 0.4) is 0 Å². The van der Waals surface area contributed by atoms with Crippen LogP contribution in [0.15, 0.2) is 54.6 Å². The van der Waals surface area contributed by atoms with Crippen molar-refractivity contribution in [1.29, 1.82) is 0 Å². The maximum absolute atomic E-state index is 11.8. The van der Waals surface area contributed by atoms with Crippen LogP contribution in [0.5, 0.6) is 11.5 Å². The molecule has 7 nitrogen and oxygen atoms in total. The molecule has 3 N–H and O–H groups in total. The van der Waals surface area contributed by atoms with Gasteiger partial charge in [0, 0.05) is 5.69 Å². The molecule has 0 unspecified atom stereocenters. The number of primary amides is 1. The molecular formula is C19H22N2O5. The first-order valence-electron chi connectivity index (χ1n) is 8.20. The van der Waals surface area contributed by atoms with Gasteiger partial charge in [0.15, 0.2) is 0 Å². The number of para-hydroxylation sites is 1. The summed E-state index contributed by atoms with van der Waals surface area (Å²) in [7, 11) is 0. The highest BCUT2D eigenvalue weighted by molar-refractivity contribution is 5.91. The second-order valence-corrected chi connectivity index (χ2v) is 5.35. The van der Waals surface area contributed by atoms with Gasteiger partial charge >= 0.3 is 0 Å². The molecule has 2 rings (SSSR count). The molecule has 2 aromatic rings. The molecule has 0 aliphatic rings. The van der Waals surface area contributed by atoms with Crippen LogP contribution in [-0.4, -0.2) is 38.2 Å². The Balaban J connectivity index is 1.60. The molecule has 7 heteroatoms. The lowest BCUT2D eigenvalue weighted by Crippen LogP contribution is -2.20. The van der Waals surface area contributed by atoms with Gasteiger partial charge in [-0.25, -0.2) is 0 Å². The van der Waals surface area contributed by atoms with Crippen molar-refractivity contribution in [3.63, 3.8) is 0 Å². The smallest absolute Gasteiger partial charge is 0.250 e. The van der Waals surface area contributed by atoms with Gasteiger partial charge in [0.1, 0.15) is 24.7 Å². The molecule has 0 fully saturated rings. The highest BCUT2D eigenvalue weighted by atomic mass is 16.5. The number of carbonyl (C=O) groups is 2. The highest BCUT2D eigenvalue weighted by Crippen LogP contribution is 2.15. The van der Waals surface area contributed by atoms with E-state index in [0.29, 0.717) is 24.7 Å². The van der Waals surface area contributed by atoms with Gasteiger partial charge in [0.25, 0.3) is 0 Å². The van der Waals surface area contributed by atoms with Crippen LogP contribution >= 0.6 is 0 Å². The maximum Gasteiger partial charge on any atom is 0.250 e. The molecule has 2 aromatic carbocycles. The monoisotopic (exact) mass is 358 g/mol. The largest absolute Gasteiger partial charge is 0.493 e. The van der Waals surface area contributed by atoms with Crippen molar-refractivity contribution < 1.29 is 23.8 Å². The summed E-state index contributed by atoms with van der Waals surface area (Å²) in [6, 6.07) is 16.2. The SMILES string of the molecule is NC(=O)CCOc1ccc(NC(=O)COCCOc2ccccc2)cc1. The molecule has 2 amide bonds. The quantitative estimate of drug-likeness (QED) is 0.598. The van der Waals surface area contributed by atoms with Crippen molar-refractivity contribution in [2.75, 3.05) is 31.7 Å². The summed E-state index contributed by atoms with van der Waals surface area (Å²) in [6.45, 7) is 0.846. The van der Waals surface area contributed by atoms with Crippen LogP contribution in [0.1, 0.15) is 6.42 Å². The van der Waals surface area contributed by atoms with Gasteiger partial charge in [-0.15, -0.1) is 0 Å². The van der Waals surface area contributed by atoms with E-state index in [4.69, 9.17) is 19.9 Å². The van der Waals surface area contributed by atoms with Crippen LogP contribution in [0.4, 0.5) is 5.69 Å². The Kier molecular flexibility index (Phi) is 7.95. The van der Waals surface area contributed by atoms with Crippen molar-refractivity contribution in [2.45, 2.75) is 6.42 Å². The van der Waals surface area contributed by atoms with E-state index >= 15 is 0 Å². The Morgan fingerprint density at radius 2 is 1.50 bits per heavy atom. The summed E-state index contributed by atoms with van der Waals surface area (Å²) in [5.41, 5.74) is 5.66. The molecule has 0 aliphatic carbocycles. The van der Waals surface area contributed by atoms with Crippen LogP contribution in [0.25, 0.3) is 0 Å². The average molecular weight is 358 g/mol. The minimum Gasteiger partial charge on any atom is -0.493 e. The number of hydrogen-bond acceptors (Lipinski definition) is 5. The minimum atomic E-state index is -0.414. The van der Waals surface area contributed by atoms with Gasteiger partial charge in [0.2, 0.25) is 11.8 Å². The predicted molar refractivity (Wildman–Crippen MR) is 97.1 cm³/mol. The van der Waals surface area contributed by atoms with Gasteiger partial charge in [-0.05, 0) is 36.4 Å². The number of hydrogen-bond donors (Lipinski definition) is 2. The van der Waals surface area contributed by atoms with Gasteiger partial charge in [0.05, 0.1) is 19.6 Å². The number of benzene rings is 2. The fourth-order valence-corrected chi connectivity index (χ4v) is 2.00. The number of carbonyl (C=O) groups excluding carboxylic acids is 2. The van der Waals surface area contributed by atoms with Crippen LogP contribution in [-0.2, 0) is 14.3 Å². The summed E-state index contributed by atoms with van der Waals surface area (Å²) in [4.78, 5) is 22.5. The summed E-state index contributed by atoms with van der Waals surface area (Å²) in [5.74, 6) is 0.687. The zero-order chi connectivity index (χ0) is 18.6. The summed E-state index contributed by atoms with van der Waals surface area (Å²) < 4.78 is 16.1. The van der Waals surface area contributed by atoms with Gasteiger partial charge < -0.3 is 25.3 Å². The van der Waals surface area contributed by atoms with E-state index < -0.39 is 5.91 Å². The molecule has 0 aliphatic heterocycles. The van der Waals surface area contributed by atoms with Crippen molar-refractivity contribution in [3.8, 4) is 11.5 Å². The maximum atomic E-state index is 11.8. The van der Waals surface area contributed by atoms with Gasteiger partial charge in [-0.2, -0.15) is 0 Å². The Morgan fingerprint density at radius 3 is 2.19 bits per heavy atom. The van der Waals surface area contributed by atoms with E-state index in [1.807, 2.05) is 30.3 Å². The molecular weight excluding hydrogens is 336 g/mol. The third kappa shape index (κ3) is 7.67. The van der Waals surface area contributed by atoms with Crippen molar-refractivity contribution in [3.05, 3.63) is 54.6 Å². The summed E-state index contributed by atoms with van der Waals surface area (Å²) >= 11 is 0. The highest BCUT2D eigenvalue weighted by Gasteiger charge is 2.04. The summed E-state index contributed by atoms with van der Waals surface area (Å²) in [5, 5.41) is 2.72. The first-order valence-corrected chi connectivity index (χ1v) is 8.20. The molecule has 0 atom stereocenters. The molecule has 0 aromatic heterocycles. The standard InChI is InChI=1S/C19H22N2O5/c20-18(22)10-11-25-17-8-6-15(7-9-17)21-19(23)14-24-12-13-26-16-4-2-1-3-5-16/h1-9H,10-14H2,(H2,20,22)(H,21,23). The second kappa shape index (κ2) is 10.7. The fraction of sp³-hybridized carbons (Fsp3) is 0.263. The lowest BCUT2D eigenvalue weighted by atomic mass is 10.3. The number of amides is 2. The number of rotatable bonds is 11. The topological polar surface area (TPSA) is 99.9 Å². The van der Waals surface area contributed by atoms with Gasteiger partial charge in [-0.1, -0.05) is 18.2 Å². The molecule has 138 valence electrons. The van der Waals surface area contributed by atoms with E-state index in [9.17, 15) is 9.59 Å². The van der Waals surface area contributed by atoms with E-state index in [1.54, 1.807) is 24.3 Å². The third-order valence-corrected chi connectivity index (χ3v) is 3.23. The lowest BCUT2D eigenvalue weighted by Gasteiger charge is -2.09. The first kappa shape index (κ1) is 19.3. The zero-order valence-electron chi connectivity index (χ0n) is 14.4. The molecule has 0 bridgehead atoms. The Hall–Kier alpha value is -3.06. The van der Waals surface area contributed by atoms with Crippen molar-refractivity contribution >= 4 is 17.5 Å². The normalized spacial score (nSPS) is 10.2. The first-order chi connectivity index (χ1) is 12.6. The average Bonchev–Trinajstić information content (AvgIpc) is 2.63. The lowest BCUT2D eigenvalue weighted by molar-refractivity contribution is -0.121. The van der Waals surface area contributed by atoms with Crippen LogP contribution < -0.4 is 20.5 Å². The number of ether oxygens (including phenoxy) is 3. The molecule has 0 saturated heterocycles. The zero-order valence-corrected chi connectivity index (χ0v) is 14.4. The van der Waals surface area contributed by atoms with E-state index in [-0.39, 0.29) is 25.5 Å². The van der Waals surface area contributed by atoms with Crippen LogP contribution in [0, 0.1) is 0 Å². The molecule has 26 heavy (non-hydrogen) atoms. The second-order valence-electron chi connectivity index (χ2n) is 5.35. The fourth-order valence-electron chi connectivity index (χ4n) is 2.00. The number of nitrogens with two attached hydrogens (primary N) is 1. The molecule has 0 saturated carbocycles. The minimum absolute atomic E-state index is 0.0605. The Labute approximate surface area is 152 Å². The Bertz CT molecular complexity index is 689. The molecule has 0 spiro atoms.